The van der Waals surface area contributed by atoms with Crippen LogP contribution in [0.15, 0.2) is 72.9 Å². The number of aromatic nitrogens is 1. The fourth-order valence-electron chi connectivity index (χ4n) is 2.16. The van der Waals surface area contributed by atoms with Gasteiger partial charge in [-0.25, -0.2) is 0 Å². The van der Waals surface area contributed by atoms with Gasteiger partial charge in [0.2, 0.25) is 0 Å². The lowest BCUT2D eigenvalue weighted by atomic mass is 10.2. The number of amides is 1. The van der Waals surface area contributed by atoms with Crippen LogP contribution in [0, 0.1) is 0 Å². The number of para-hydroxylation sites is 3. The second-order valence-electron chi connectivity index (χ2n) is 5.30. The predicted octanol–water partition coefficient (Wildman–Crippen LogP) is 5.15. The molecule has 3 rings (SSSR count). The molecule has 0 bridgehead atoms. The molecule has 7 heteroatoms. The number of halogens is 3. The zero-order chi connectivity index (χ0) is 18.6. The topological polar surface area (TPSA) is 51.2 Å². The van der Waals surface area contributed by atoms with E-state index in [0.717, 1.165) is 18.3 Å². The highest BCUT2D eigenvalue weighted by Crippen LogP contribution is 2.30. The Labute approximate surface area is 147 Å². The van der Waals surface area contributed by atoms with Gasteiger partial charge in [-0.3, -0.25) is 9.78 Å². The molecule has 2 aromatic carbocycles. The molecule has 0 atom stereocenters. The Balaban J connectivity index is 1.77. The van der Waals surface area contributed by atoms with Crippen molar-refractivity contribution in [2.75, 3.05) is 5.32 Å². The number of rotatable bonds is 4. The molecule has 1 heterocycles. The monoisotopic (exact) mass is 358 g/mol. The van der Waals surface area contributed by atoms with Gasteiger partial charge in [0.25, 0.3) is 5.91 Å². The molecule has 26 heavy (non-hydrogen) atoms. The average Bonchev–Trinajstić information content (AvgIpc) is 2.63. The van der Waals surface area contributed by atoms with Crippen molar-refractivity contribution in [3.05, 3.63) is 84.2 Å². The van der Waals surface area contributed by atoms with E-state index in [1.807, 2.05) is 18.2 Å². The Morgan fingerprint density at radius 2 is 1.62 bits per heavy atom. The molecule has 0 aliphatic rings. The average molecular weight is 358 g/mol. The normalized spacial score (nSPS) is 11.0. The van der Waals surface area contributed by atoms with Gasteiger partial charge in [-0.2, -0.15) is 13.2 Å². The third-order valence-electron chi connectivity index (χ3n) is 3.42. The fourth-order valence-corrected chi connectivity index (χ4v) is 2.16. The summed E-state index contributed by atoms with van der Waals surface area (Å²) in [4.78, 5) is 15.6. The fraction of sp³-hybridized carbons (Fsp3) is 0.0526. The Kier molecular flexibility index (Phi) is 4.88. The maximum Gasteiger partial charge on any atom is 0.433 e. The van der Waals surface area contributed by atoms with Gasteiger partial charge < -0.3 is 10.1 Å². The summed E-state index contributed by atoms with van der Waals surface area (Å²) in [6, 6.07) is 17.6. The Bertz CT molecular complexity index is 895. The zero-order valence-electron chi connectivity index (χ0n) is 13.3. The molecule has 0 unspecified atom stereocenters. The summed E-state index contributed by atoms with van der Waals surface area (Å²) >= 11 is 0. The minimum Gasteiger partial charge on any atom is -0.455 e. The van der Waals surface area contributed by atoms with E-state index >= 15 is 0 Å². The molecule has 0 aliphatic heterocycles. The highest BCUT2D eigenvalue weighted by molar-refractivity contribution is 6.04. The van der Waals surface area contributed by atoms with Crippen LogP contribution in [0.25, 0.3) is 0 Å². The molecular formula is C19H13F3N2O2. The second-order valence-corrected chi connectivity index (χ2v) is 5.30. The van der Waals surface area contributed by atoms with Gasteiger partial charge in [0, 0.05) is 6.20 Å². The number of carbonyl (C=O) groups excluding carboxylic acids is 1. The van der Waals surface area contributed by atoms with Crippen LogP contribution in [-0.2, 0) is 6.18 Å². The lowest BCUT2D eigenvalue weighted by Crippen LogP contribution is -2.14. The minimum atomic E-state index is -4.55. The molecular weight excluding hydrogens is 345 g/mol. The van der Waals surface area contributed by atoms with Crippen molar-refractivity contribution in [1.29, 1.82) is 0 Å². The minimum absolute atomic E-state index is 0.00696. The zero-order valence-corrected chi connectivity index (χ0v) is 13.3. The van der Waals surface area contributed by atoms with Crippen molar-refractivity contribution in [3.63, 3.8) is 0 Å². The standard InChI is InChI=1S/C19H13F3N2O2/c20-19(21,22)17-11-10-13(12-23-17)18(25)24-15-8-4-5-9-16(15)26-14-6-2-1-3-7-14/h1-12H,(H,24,25). The van der Waals surface area contributed by atoms with E-state index < -0.39 is 17.8 Å². The Morgan fingerprint density at radius 1 is 0.923 bits per heavy atom. The first-order valence-corrected chi connectivity index (χ1v) is 7.60. The van der Waals surface area contributed by atoms with Gasteiger partial charge in [0.1, 0.15) is 11.4 Å². The highest BCUT2D eigenvalue weighted by atomic mass is 19.4. The summed E-state index contributed by atoms with van der Waals surface area (Å²) < 4.78 is 43.4. The number of pyridine rings is 1. The van der Waals surface area contributed by atoms with Crippen molar-refractivity contribution in [2.45, 2.75) is 6.18 Å². The molecule has 1 aromatic heterocycles. The molecule has 0 spiro atoms. The van der Waals surface area contributed by atoms with Crippen molar-refractivity contribution in [2.24, 2.45) is 0 Å². The van der Waals surface area contributed by atoms with E-state index in [4.69, 9.17) is 4.74 Å². The summed E-state index contributed by atoms with van der Waals surface area (Å²) in [5.74, 6) is 0.410. The maximum atomic E-state index is 12.5. The van der Waals surface area contributed by atoms with Crippen LogP contribution in [0.5, 0.6) is 11.5 Å². The van der Waals surface area contributed by atoms with Crippen LogP contribution in [0.1, 0.15) is 16.1 Å². The molecule has 1 amide bonds. The molecule has 132 valence electrons. The molecule has 0 saturated carbocycles. The Morgan fingerprint density at radius 3 is 2.27 bits per heavy atom. The quantitative estimate of drug-likeness (QED) is 0.702. The molecule has 0 fully saturated rings. The Hall–Kier alpha value is -3.35. The molecule has 0 saturated heterocycles. The third-order valence-corrected chi connectivity index (χ3v) is 3.42. The SMILES string of the molecule is O=C(Nc1ccccc1Oc1ccccc1)c1ccc(C(F)(F)F)nc1. The number of hydrogen-bond acceptors (Lipinski definition) is 3. The van der Waals surface area contributed by atoms with Gasteiger partial charge >= 0.3 is 6.18 Å². The number of anilines is 1. The van der Waals surface area contributed by atoms with Crippen LogP contribution in [0.2, 0.25) is 0 Å². The van der Waals surface area contributed by atoms with Gasteiger partial charge in [-0.05, 0) is 36.4 Å². The summed E-state index contributed by atoms with van der Waals surface area (Å²) in [5.41, 5.74) is -0.657. The van der Waals surface area contributed by atoms with Crippen LogP contribution >= 0.6 is 0 Å². The number of nitrogens with one attached hydrogen (secondary N) is 1. The maximum absolute atomic E-state index is 12.5. The molecule has 4 nitrogen and oxygen atoms in total. The molecule has 0 aliphatic carbocycles. The number of carbonyl (C=O) groups is 1. The largest absolute Gasteiger partial charge is 0.455 e. The predicted molar refractivity (Wildman–Crippen MR) is 90.2 cm³/mol. The van der Waals surface area contributed by atoms with Crippen molar-refractivity contribution in [1.82, 2.24) is 4.98 Å². The van der Waals surface area contributed by atoms with Crippen molar-refractivity contribution < 1.29 is 22.7 Å². The van der Waals surface area contributed by atoms with Gasteiger partial charge in [-0.1, -0.05) is 30.3 Å². The van der Waals surface area contributed by atoms with E-state index in [-0.39, 0.29) is 5.56 Å². The highest BCUT2D eigenvalue weighted by Gasteiger charge is 2.32. The summed E-state index contributed by atoms with van der Waals surface area (Å²) in [7, 11) is 0. The smallest absolute Gasteiger partial charge is 0.433 e. The van der Waals surface area contributed by atoms with Gasteiger partial charge in [0.05, 0.1) is 11.3 Å². The second kappa shape index (κ2) is 7.26. The van der Waals surface area contributed by atoms with E-state index in [1.54, 1.807) is 36.4 Å². The summed E-state index contributed by atoms with van der Waals surface area (Å²) in [5, 5.41) is 2.62. The summed E-state index contributed by atoms with van der Waals surface area (Å²) in [6.45, 7) is 0. The van der Waals surface area contributed by atoms with E-state index in [2.05, 4.69) is 10.3 Å². The molecule has 3 aromatic rings. The number of hydrogen-bond donors (Lipinski definition) is 1. The lowest BCUT2D eigenvalue weighted by molar-refractivity contribution is -0.141. The number of alkyl halides is 3. The van der Waals surface area contributed by atoms with E-state index in [9.17, 15) is 18.0 Å². The lowest BCUT2D eigenvalue weighted by Gasteiger charge is -2.12. The number of nitrogens with zero attached hydrogens (tertiary/aromatic N) is 1. The first-order chi connectivity index (χ1) is 12.4. The first-order valence-electron chi connectivity index (χ1n) is 7.60. The van der Waals surface area contributed by atoms with Crippen LogP contribution in [0.4, 0.5) is 18.9 Å². The number of ether oxygens (including phenoxy) is 1. The summed E-state index contributed by atoms with van der Waals surface area (Å²) in [6.07, 6.45) is -3.66. The van der Waals surface area contributed by atoms with E-state index in [0.29, 0.717) is 17.2 Å². The van der Waals surface area contributed by atoms with Crippen LogP contribution in [0.3, 0.4) is 0 Å². The molecule has 1 N–H and O–H groups in total. The van der Waals surface area contributed by atoms with Gasteiger partial charge in [-0.15, -0.1) is 0 Å². The van der Waals surface area contributed by atoms with Crippen molar-refractivity contribution in [3.8, 4) is 11.5 Å². The first kappa shape index (κ1) is 17.5. The third kappa shape index (κ3) is 4.18. The van der Waals surface area contributed by atoms with Gasteiger partial charge in [0.15, 0.2) is 5.75 Å². The number of benzene rings is 2. The van der Waals surface area contributed by atoms with Crippen LogP contribution in [-0.4, -0.2) is 10.9 Å². The molecule has 0 radical (unpaired) electrons. The van der Waals surface area contributed by atoms with Crippen molar-refractivity contribution >= 4 is 11.6 Å². The van der Waals surface area contributed by atoms with E-state index in [1.165, 1.54) is 0 Å². The van der Waals surface area contributed by atoms with Crippen LogP contribution < -0.4 is 10.1 Å².